The van der Waals surface area contributed by atoms with Gasteiger partial charge in [0.05, 0.1) is 5.75 Å². The van der Waals surface area contributed by atoms with Gasteiger partial charge in [0, 0.05) is 37.8 Å². The molecule has 5 heteroatoms. The van der Waals surface area contributed by atoms with Gasteiger partial charge in [0.25, 0.3) is 0 Å². The molecule has 0 amide bonds. The second-order valence-electron chi connectivity index (χ2n) is 4.57. The molecule has 0 unspecified atom stereocenters. The summed E-state index contributed by atoms with van der Waals surface area (Å²) in [5.74, 6) is 0.171. The molecule has 0 aliphatic carbocycles. The summed E-state index contributed by atoms with van der Waals surface area (Å²) < 4.78 is 22.0. The fourth-order valence-corrected chi connectivity index (χ4v) is 2.53. The SMILES string of the molecule is CN1CCc2cc(NCCS(C)(=O)=O)ccc21. The topological polar surface area (TPSA) is 49.4 Å². The van der Waals surface area contributed by atoms with Crippen LogP contribution in [0.25, 0.3) is 0 Å². The molecule has 0 bridgehead atoms. The van der Waals surface area contributed by atoms with Crippen LogP contribution in [0.1, 0.15) is 5.56 Å². The molecule has 1 aliphatic rings. The summed E-state index contributed by atoms with van der Waals surface area (Å²) in [6, 6.07) is 6.20. The van der Waals surface area contributed by atoms with Gasteiger partial charge in [0.15, 0.2) is 0 Å². The predicted molar refractivity (Wildman–Crippen MR) is 71.6 cm³/mol. The summed E-state index contributed by atoms with van der Waals surface area (Å²) in [7, 11) is -0.799. The molecule has 0 atom stereocenters. The first-order valence-corrected chi connectivity index (χ1v) is 7.77. The zero-order valence-electron chi connectivity index (χ0n) is 10.2. The first-order valence-electron chi connectivity index (χ1n) is 5.71. The van der Waals surface area contributed by atoms with Crippen LogP contribution in [0.15, 0.2) is 18.2 Å². The fraction of sp³-hybridized carbons (Fsp3) is 0.500. The summed E-state index contributed by atoms with van der Waals surface area (Å²) in [5.41, 5.74) is 3.61. The van der Waals surface area contributed by atoms with E-state index in [9.17, 15) is 8.42 Å². The number of sulfone groups is 1. The highest BCUT2D eigenvalue weighted by molar-refractivity contribution is 7.90. The maximum absolute atomic E-state index is 11.0. The van der Waals surface area contributed by atoms with Gasteiger partial charge in [-0.05, 0) is 30.2 Å². The number of benzene rings is 1. The molecule has 0 radical (unpaired) electrons. The Labute approximate surface area is 103 Å². The molecule has 0 saturated heterocycles. The largest absolute Gasteiger partial charge is 0.384 e. The van der Waals surface area contributed by atoms with Crippen LogP contribution in [0.5, 0.6) is 0 Å². The average Bonchev–Trinajstić information content (AvgIpc) is 2.58. The zero-order valence-corrected chi connectivity index (χ0v) is 11.0. The molecular weight excluding hydrogens is 236 g/mol. The minimum atomic E-state index is -2.89. The van der Waals surface area contributed by atoms with E-state index in [0.717, 1.165) is 18.7 Å². The highest BCUT2D eigenvalue weighted by atomic mass is 32.2. The third-order valence-electron chi connectivity index (χ3n) is 3.01. The molecular formula is C12H18N2O2S. The minimum absolute atomic E-state index is 0.171. The molecule has 1 aliphatic heterocycles. The Balaban J connectivity index is 1.99. The lowest BCUT2D eigenvalue weighted by Crippen LogP contribution is -2.14. The van der Waals surface area contributed by atoms with Crippen molar-refractivity contribution in [3.05, 3.63) is 23.8 Å². The molecule has 1 N–H and O–H groups in total. The Bertz CT molecular complexity index is 511. The van der Waals surface area contributed by atoms with E-state index in [2.05, 4.69) is 29.4 Å². The van der Waals surface area contributed by atoms with E-state index in [1.54, 1.807) is 0 Å². The Morgan fingerprint density at radius 2 is 2.18 bits per heavy atom. The second kappa shape index (κ2) is 4.56. The van der Waals surface area contributed by atoms with E-state index in [1.807, 2.05) is 6.07 Å². The quantitative estimate of drug-likeness (QED) is 0.875. The summed E-state index contributed by atoms with van der Waals surface area (Å²) >= 11 is 0. The van der Waals surface area contributed by atoms with Gasteiger partial charge < -0.3 is 10.2 Å². The number of fused-ring (bicyclic) bond motifs is 1. The molecule has 1 aromatic carbocycles. The van der Waals surface area contributed by atoms with Crippen LogP contribution in [0.3, 0.4) is 0 Å². The van der Waals surface area contributed by atoms with Crippen LogP contribution in [-0.4, -0.2) is 40.6 Å². The lowest BCUT2D eigenvalue weighted by atomic mass is 10.1. The molecule has 0 aromatic heterocycles. The lowest BCUT2D eigenvalue weighted by Gasteiger charge is -2.12. The molecule has 1 aromatic rings. The van der Waals surface area contributed by atoms with Gasteiger partial charge in [-0.15, -0.1) is 0 Å². The molecule has 94 valence electrons. The van der Waals surface area contributed by atoms with E-state index in [4.69, 9.17) is 0 Å². The van der Waals surface area contributed by atoms with E-state index < -0.39 is 9.84 Å². The summed E-state index contributed by atoms with van der Waals surface area (Å²) in [5, 5.41) is 3.15. The van der Waals surface area contributed by atoms with Crippen LogP contribution < -0.4 is 10.2 Å². The first kappa shape index (κ1) is 12.2. The van der Waals surface area contributed by atoms with Crippen molar-refractivity contribution in [1.82, 2.24) is 0 Å². The number of nitrogens with one attached hydrogen (secondary N) is 1. The lowest BCUT2D eigenvalue weighted by molar-refractivity contribution is 0.602. The van der Waals surface area contributed by atoms with Crippen LogP contribution >= 0.6 is 0 Å². The summed E-state index contributed by atoms with van der Waals surface area (Å²) in [6.45, 7) is 1.52. The Kier molecular flexibility index (Phi) is 3.28. The number of hydrogen-bond acceptors (Lipinski definition) is 4. The first-order chi connectivity index (χ1) is 7.96. The van der Waals surface area contributed by atoms with Crippen molar-refractivity contribution in [3.8, 4) is 0 Å². The standard InChI is InChI=1S/C12H18N2O2S/c1-14-7-5-10-9-11(3-4-12(10)14)13-6-8-17(2,15)16/h3-4,9,13H,5-8H2,1-2H3. The number of anilines is 2. The van der Waals surface area contributed by atoms with Crippen molar-refractivity contribution in [1.29, 1.82) is 0 Å². The maximum Gasteiger partial charge on any atom is 0.149 e. The van der Waals surface area contributed by atoms with Crippen molar-refractivity contribution < 1.29 is 8.42 Å². The molecule has 0 fully saturated rings. The molecule has 17 heavy (non-hydrogen) atoms. The highest BCUT2D eigenvalue weighted by Crippen LogP contribution is 2.28. The highest BCUT2D eigenvalue weighted by Gasteiger charge is 2.15. The Morgan fingerprint density at radius 1 is 1.41 bits per heavy atom. The van der Waals surface area contributed by atoms with Crippen molar-refractivity contribution in [2.75, 3.05) is 42.4 Å². The van der Waals surface area contributed by atoms with Crippen molar-refractivity contribution in [3.63, 3.8) is 0 Å². The molecule has 2 rings (SSSR count). The second-order valence-corrected chi connectivity index (χ2v) is 6.83. The number of nitrogens with zero attached hydrogens (tertiary/aromatic N) is 1. The minimum Gasteiger partial charge on any atom is -0.384 e. The van der Waals surface area contributed by atoms with Gasteiger partial charge in [-0.3, -0.25) is 0 Å². The van der Waals surface area contributed by atoms with E-state index >= 15 is 0 Å². The monoisotopic (exact) mass is 254 g/mol. The third kappa shape index (κ3) is 3.12. The molecule has 0 saturated carbocycles. The zero-order chi connectivity index (χ0) is 12.5. The normalized spacial score (nSPS) is 14.8. The van der Waals surface area contributed by atoms with Gasteiger partial charge in [-0.1, -0.05) is 0 Å². The van der Waals surface area contributed by atoms with Gasteiger partial charge in [-0.2, -0.15) is 0 Å². The Hall–Kier alpha value is -1.23. The van der Waals surface area contributed by atoms with Gasteiger partial charge >= 0.3 is 0 Å². The fourth-order valence-electron chi connectivity index (χ4n) is 2.06. The average molecular weight is 254 g/mol. The van der Waals surface area contributed by atoms with Crippen molar-refractivity contribution in [2.45, 2.75) is 6.42 Å². The molecule has 0 spiro atoms. The third-order valence-corrected chi connectivity index (χ3v) is 3.95. The molecule has 4 nitrogen and oxygen atoms in total. The molecule has 1 heterocycles. The number of rotatable bonds is 4. The summed E-state index contributed by atoms with van der Waals surface area (Å²) in [4.78, 5) is 2.23. The van der Waals surface area contributed by atoms with Crippen LogP contribution in [0.4, 0.5) is 11.4 Å². The van der Waals surface area contributed by atoms with Crippen LogP contribution in [-0.2, 0) is 16.3 Å². The smallest absolute Gasteiger partial charge is 0.149 e. The van der Waals surface area contributed by atoms with Gasteiger partial charge in [0.2, 0.25) is 0 Å². The maximum atomic E-state index is 11.0. The van der Waals surface area contributed by atoms with E-state index in [1.165, 1.54) is 17.5 Å². The van der Waals surface area contributed by atoms with E-state index in [0.29, 0.717) is 6.54 Å². The number of likely N-dealkylation sites (N-methyl/N-ethyl adjacent to an activating group) is 1. The predicted octanol–water partition coefficient (Wildman–Crippen LogP) is 1.14. The van der Waals surface area contributed by atoms with Crippen molar-refractivity contribution >= 4 is 21.2 Å². The van der Waals surface area contributed by atoms with Gasteiger partial charge in [-0.25, -0.2) is 8.42 Å². The summed E-state index contributed by atoms with van der Waals surface area (Å²) in [6.07, 6.45) is 2.32. The van der Waals surface area contributed by atoms with E-state index in [-0.39, 0.29) is 5.75 Å². The van der Waals surface area contributed by atoms with Crippen molar-refractivity contribution in [2.24, 2.45) is 0 Å². The Morgan fingerprint density at radius 3 is 2.88 bits per heavy atom. The van der Waals surface area contributed by atoms with Gasteiger partial charge in [0.1, 0.15) is 9.84 Å². The van der Waals surface area contributed by atoms with Crippen LogP contribution in [0.2, 0.25) is 0 Å². The number of hydrogen-bond donors (Lipinski definition) is 1. The van der Waals surface area contributed by atoms with Crippen LogP contribution in [0, 0.1) is 0 Å².